The number of carbonyl (C=O) groups is 3. The molecule has 2 amide bonds. The normalized spacial score (nSPS) is 10.9. The van der Waals surface area contributed by atoms with Crippen LogP contribution in [0.2, 0.25) is 5.02 Å². The van der Waals surface area contributed by atoms with Crippen molar-refractivity contribution in [3.63, 3.8) is 0 Å². The van der Waals surface area contributed by atoms with Gasteiger partial charge in [-0.1, -0.05) is 50.6 Å². The van der Waals surface area contributed by atoms with Crippen molar-refractivity contribution in [3.05, 3.63) is 82.9 Å². The molecule has 8 heteroatoms. The van der Waals surface area contributed by atoms with Crippen LogP contribution in [0.5, 0.6) is 11.5 Å². The van der Waals surface area contributed by atoms with Crippen molar-refractivity contribution in [1.29, 1.82) is 0 Å². The predicted molar refractivity (Wildman–Crippen MR) is 145 cm³/mol. The highest BCUT2D eigenvalue weighted by molar-refractivity contribution is 6.31. The number of aryl methyl sites for hydroxylation is 1. The number of esters is 1. The summed E-state index contributed by atoms with van der Waals surface area (Å²) in [5.74, 6) is -0.128. The van der Waals surface area contributed by atoms with Crippen LogP contribution in [0, 0.1) is 6.92 Å². The van der Waals surface area contributed by atoms with Crippen LogP contribution in [-0.2, 0) is 24.5 Å². The lowest BCUT2D eigenvalue weighted by Gasteiger charge is -2.19. The van der Waals surface area contributed by atoms with Gasteiger partial charge in [0.2, 0.25) is 5.91 Å². The molecule has 0 unspecified atom stereocenters. The van der Waals surface area contributed by atoms with Gasteiger partial charge in [0.1, 0.15) is 11.5 Å². The number of amides is 2. The summed E-state index contributed by atoms with van der Waals surface area (Å²) >= 11 is 6.03. The molecule has 0 bridgehead atoms. The van der Waals surface area contributed by atoms with Crippen molar-refractivity contribution in [2.45, 2.75) is 46.0 Å². The molecule has 0 fully saturated rings. The van der Waals surface area contributed by atoms with Crippen LogP contribution in [0.15, 0.2) is 66.7 Å². The van der Waals surface area contributed by atoms with Crippen molar-refractivity contribution in [1.82, 2.24) is 0 Å². The number of hydrogen-bond donors (Lipinski definition) is 2. The van der Waals surface area contributed by atoms with Crippen LogP contribution in [0.25, 0.3) is 0 Å². The van der Waals surface area contributed by atoms with E-state index in [9.17, 15) is 14.4 Å². The Kier molecular flexibility index (Phi) is 9.31. The third kappa shape index (κ3) is 8.95. The number of rotatable bonds is 9. The Bertz CT molecular complexity index is 1250. The van der Waals surface area contributed by atoms with Gasteiger partial charge in [0.25, 0.3) is 5.91 Å². The lowest BCUT2D eigenvalue weighted by Crippen LogP contribution is -2.21. The largest absolute Gasteiger partial charge is 0.457 e. The van der Waals surface area contributed by atoms with Crippen LogP contribution >= 0.6 is 11.6 Å². The molecule has 3 aromatic rings. The second kappa shape index (κ2) is 12.4. The zero-order valence-electron chi connectivity index (χ0n) is 21.4. The molecule has 3 aromatic carbocycles. The second-order valence-electron chi connectivity index (χ2n) is 9.62. The molecule has 0 aliphatic rings. The summed E-state index contributed by atoms with van der Waals surface area (Å²) in [6, 6.07) is 20.0. The average Bonchev–Trinajstić information content (AvgIpc) is 2.85. The fourth-order valence-electron chi connectivity index (χ4n) is 3.29. The zero-order valence-corrected chi connectivity index (χ0v) is 22.1. The number of ether oxygens (including phenoxy) is 2. The average molecular weight is 523 g/mol. The van der Waals surface area contributed by atoms with Gasteiger partial charge in [-0.05, 0) is 72.0 Å². The molecule has 0 radical (unpaired) electrons. The van der Waals surface area contributed by atoms with Crippen molar-refractivity contribution in [3.8, 4) is 11.5 Å². The van der Waals surface area contributed by atoms with E-state index in [-0.39, 0.29) is 24.2 Å². The third-order valence-electron chi connectivity index (χ3n) is 5.47. The topological polar surface area (TPSA) is 93.7 Å². The van der Waals surface area contributed by atoms with E-state index in [1.165, 1.54) is 5.56 Å². The Hall–Kier alpha value is -3.84. The van der Waals surface area contributed by atoms with Crippen molar-refractivity contribution >= 4 is 40.8 Å². The van der Waals surface area contributed by atoms with Gasteiger partial charge in [-0.15, -0.1) is 0 Å². The number of anilines is 2. The standard InChI is InChI=1S/C29H31ClN2O5/c1-19-5-8-22(17-25(19)30)32-27(34)18-36-28(35)16-15-26(33)31-21-9-13-24(14-10-21)37-23-11-6-20(7-12-23)29(2,3)4/h5-14,17H,15-16,18H2,1-4H3,(H,31,33)(H,32,34). The molecule has 0 spiro atoms. The van der Waals surface area contributed by atoms with Gasteiger partial charge in [0, 0.05) is 22.8 Å². The van der Waals surface area contributed by atoms with E-state index < -0.39 is 18.5 Å². The van der Waals surface area contributed by atoms with Crippen molar-refractivity contribution in [2.24, 2.45) is 0 Å². The summed E-state index contributed by atoms with van der Waals surface area (Å²) in [7, 11) is 0. The molecule has 0 saturated carbocycles. The minimum absolute atomic E-state index is 0.0701. The van der Waals surface area contributed by atoms with Gasteiger partial charge in [-0.3, -0.25) is 14.4 Å². The number of nitrogens with one attached hydrogen (secondary N) is 2. The van der Waals surface area contributed by atoms with Gasteiger partial charge < -0.3 is 20.1 Å². The zero-order chi connectivity index (χ0) is 27.0. The van der Waals surface area contributed by atoms with E-state index in [0.29, 0.717) is 22.1 Å². The van der Waals surface area contributed by atoms with Crippen molar-refractivity contribution < 1.29 is 23.9 Å². The first-order valence-electron chi connectivity index (χ1n) is 11.9. The van der Waals surface area contributed by atoms with Crippen LogP contribution in [-0.4, -0.2) is 24.4 Å². The van der Waals surface area contributed by atoms with Gasteiger partial charge in [0.15, 0.2) is 6.61 Å². The molecule has 0 heterocycles. The molecule has 37 heavy (non-hydrogen) atoms. The lowest BCUT2D eigenvalue weighted by atomic mass is 9.87. The molecule has 0 aromatic heterocycles. The summed E-state index contributed by atoms with van der Waals surface area (Å²) in [6.45, 7) is 7.86. The fraction of sp³-hybridized carbons (Fsp3) is 0.276. The quantitative estimate of drug-likeness (QED) is 0.307. The molecular weight excluding hydrogens is 492 g/mol. The minimum Gasteiger partial charge on any atom is -0.457 e. The van der Waals surface area contributed by atoms with E-state index >= 15 is 0 Å². The highest BCUT2D eigenvalue weighted by atomic mass is 35.5. The lowest BCUT2D eigenvalue weighted by molar-refractivity contribution is -0.147. The number of hydrogen-bond acceptors (Lipinski definition) is 5. The highest BCUT2D eigenvalue weighted by Gasteiger charge is 2.14. The Morgan fingerprint density at radius 2 is 1.35 bits per heavy atom. The summed E-state index contributed by atoms with van der Waals surface area (Å²) in [4.78, 5) is 36.1. The molecule has 194 valence electrons. The highest BCUT2D eigenvalue weighted by Crippen LogP contribution is 2.27. The van der Waals surface area contributed by atoms with Crippen LogP contribution in [0.3, 0.4) is 0 Å². The van der Waals surface area contributed by atoms with E-state index in [4.69, 9.17) is 21.1 Å². The number of benzene rings is 3. The minimum atomic E-state index is -0.645. The molecule has 0 aliphatic carbocycles. The number of halogens is 1. The maximum atomic E-state index is 12.2. The Morgan fingerprint density at radius 1 is 0.784 bits per heavy atom. The summed E-state index contributed by atoms with van der Waals surface area (Å²) < 4.78 is 10.8. The Balaban J connectivity index is 1.38. The summed E-state index contributed by atoms with van der Waals surface area (Å²) in [6.07, 6.45) is -0.229. The molecule has 0 aliphatic heterocycles. The first-order chi connectivity index (χ1) is 17.5. The van der Waals surface area contributed by atoms with E-state index in [1.54, 1.807) is 42.5 Å². The molecule has 7 nitrogen and oxygen atoms in total. The van der Waals surface area contributed by atoms with Gasteiger partial charge in [-0.25, -0.2) is 0 Å². The summed E-state index contributed by atoms with van der Waals surface area (Å²) in [5.41, 5.74) is 3.25. The maximum Gasteiger partial charge on any atom is 0.306 e. The fourth-order valence-corrected chi connectivity index (χ4v) is 3.47. The Labute approximate surface area is 222 Å². The summed E-state index contributed by atoms with van der Waals surface area (Å²) in [5, 5.41) is 5.85. The van der Waals surface area contributed by atoms with Crippen LogP contribution in [0.4, 0.5) is 11.4 Å². The van der Waals surface area contributed by atoms with E-state index in [1.807, 2.05) is 31.2 Å². The first-order valence-corrected chi connectivity index (χ1v) is 12.3. The van der Waals surface area contributed by atoms with Gasteiger partial charge >= 0.3 is 5.97 Å². The molecule has 0 saturated heterocycles. The first kappa shape index (κ1) is 27.7. The Morgan fingerprint density at radius 3 is 1.95 bits per heavy atom. The van der Waals surface area contributed by atoms with E-state index in [0.717, 1.165) is 11.3 Å². The smallest absolute Gasteiger partial charge is 0.306 e. The third-order valence-corrected chi connectivity index (χ3v) is 5.88. The SMILES string of the molecule is Cc1ccc(NC(=O)COC(=O)CCC(=O)Nc2ccc(Oc3ccc(C(C)(C)C)cc3)cc2)cc1Cl. The molecular formula is C29H31ClN2O5. The van der Waals surface area contributed by atoms with Gasteiger partial charge in [-0.2, -0.15) is 0 Å². The second-order valence-corrected chi connectivity index (χ2v) is 10.0. The molecule has 3 rings (SSSR count). The molecule has 0 atom stereocenters. The maximum absolute atomic E-state index is 12.2. The monoisotopic (exact) mass is 522 g/mol. The van der Waals surface area contributed by atoms with Crippen molar-refractivity contribution in [2.75, 3.05) is 17.2 Å². The van der Waals surface area contributed by atoms with Crippen LogP contribution in [0.1, 0.15) is 44.7 Å². The van der Waals surface area contributed by atoms with Gasteiger partial charge in [0.05, 0.1) is 6.42 Å². The van der Waals surface area contributed by atoms with E-state index in [2.05, 4.69) is 31.4 Å². The number of carbonyl (C=O) groups excluding carboxylic acids is 3. The predicted octanol–water partition coefficient (Wildman–Crippen LogP) is 6.64. The molecule has 2 N–H and O–H groups in total. The van der Waals surface area contributed by atoms with Crippen LogP contribution < -0.4 is 15.4 Å².